The van der Waals surface area contributed by atoms with Crippen LogP contribution in [0.1, 0.15) is 36.0 Å². The van der Waals surface area contributed by atoms with Crippen LogP contribution in [-0.2, 0) is 38.6 Å². The summed E-state index contributed by atoms with van der Waals surface area (Å²) in [7, 11) is 0. The first-order chi connectivity index (χ1) is 20.9. The number of nitrogens with zero attached hydrogens (tertiary/aromatic N) is 3. The van der Waals surface area contributed by atoms with Crippen molar-refractivity contribution >= 4 is 23.6 Å². The Morgan fingerprint density at radius 3 is 2.05 bits per heavy atom. The van der Waals surface area contributed by atoms with Gasteiger partial charge in [0.2, 0.25) is 0 Å². The maximum atomic E-state index is 13.4. The van der Waals surface area contributed by atoms with Crippen LogP contribution in [0.15, 0.2) is 84.9 Å². The van der Waals surface area contributed by atoms with Crippen LogP contribution >= 0.6 is 0 Å². The summed E-state index contributed by atoms with van der Waals surface area (Å²) < 4.78 is 0. The van der Waals surface area contributed by atoms with Crippen molar-refractivity contribution in [2.75, 3.05) is 26.2 Å². The zero-order valence-corrected chi connectivity index (χ0v) is 24.2. The van der Waals surface area contributed by atoms with Crippen LogP contribution in [-0.4, -0.2) is 81.7 Å². The van der Waals surface area contributed by atoms with Crippen molar-refractivity contribution in [3.63, 3.8) is 0 Å². The normalized spacial score (nSPS) is 19.1. The molecule has 2 saturated heterocycles. The van der Waals surface area contributed by atoms with Gasteiger partial charge in [-0.15, -0.1) is 0 Å². The van der Waals surface area contributed by atoms with Gasteiger partial charge in [-0.25, -0.2) is 0 Å². The topological polar surface area (TPSA) is 110 Å². The number of nitrogens with one attached hydrogen (secondary N) is 1. The minimum absolute atomic E-state index is 0.144. The van der Waals surface area contributed by atoms with E-state index in [0.717, 1.165) is 23.1 Å². The molecule has 3 aromatic rings. The highest BCUT2D eigenvalue weighted by molar-refractivity contribution is 6.36. The lowest BCUT2D eigenvalue weighted by Crippen LogP contribution is -2.60. The molecule has 43 heavy (non-hydrogen) atoms. The molecule has 0 aliphatic carbocycles. The molecule has 5 rings (SSSR count). The Bertz CT molecular complexity index is 1410. The summed E-state index contributed by atoms with van der Waals surface area (Å²) in [5, 5.41) is 12.2. The fraction of sp³-hybridized carbons (Fsp3) is 0.353. The van der Waals surface area contributed by atoms with E-state index in [2.05, 4.69) is 5.32 Å². The van der Waals surface area contributed by atoms with E-state index in [1.54, 1.807) is 26.8 Å². The molecule has 2 atom stereocenters. The standard InChI is InChI=1S/C34H38N4O5/c39-30-16-14-25(15-17-30)18-20-37-28(22-35-31(40)32(37)41)13-7-8-19-36-24-29(21-26-9-3-1-4-10-26)38(34(43)33(36)42)23-27-11-5-2-6-12-27/h1-6,9-12,14-17,28-29,39H,7-8,13,18-24H2,(H,35,40)/t28-,29-/m0/s1. The van der Waals surface area contributed by atoms with Crippen molar-refractivity contribution < 1.29 is 24.3 Å². The second-order valence-corrected chi connectivity index (χ2v) is 11.3. The maximum absolute atomic E-state index is 13.4. The number of piperazine rings is 2. The first-order valence-corrected chi connectivity index (χ1v) is 14.9. The van der Waals surface area contributed by atoms with Crippen molar-refractivity contribution in [3.05, 3.63) is 102 Å². The van der Waals surface area contributed by atoms with E-state index >= 15 is 0 Å². The quantitative estimate of drug-likeness (QED) is 0.252. The second kappa shape index (κ2) is 14.0. The van der Waals surface area contributed by atoms with Crippen LogP contribution in [0.3, 0.4) is 0 Å². The minimum atomic E-state index is -0.594. The van der Waals surface area contributed by atoms with Gasteiger partial charge in [0.15, 0.2) is 0 Å². The Balaban J connectivity index is 1.18. The number of carbonyl (C=O) groups excluding carboxylic acids is 4. The van der Waals surface area contributed by atoms with Gasteiger partial charge in [-0.2, -0.15) is 0 Å². The molecule has 2 heterocycles. The number of unbranched alkanes of at least 4 members (excludes halogenated alkanes) is 1. The summed E-state index contributed by atoms with van der Waals surface area (Å²) in [6, 6.07) is 26.3. The Morgan fingerprint density at radius 1 is 0.674 bits per heavy atom. The molecule has 0 bridgehead atoms. The van der Waals surface area contributed by atoms with Crippen molar-refractivity contribution in [3.8, 4) is 5.75 Å². The summed E-state index contributed by atoms with van der Waals surface area (Å²) in [5.74, 6) is -1.90. The molecule has 2 aliphatic rings. The number of hydrogen-bond acceptors (Lipinski definition) is 5. The lowest BCUT2D eigenvalue weighted by molar-refractivity contribution is -0.159. The summed E-state index contributed by atoms with van der Waals surface area (Å²) in [6.45, 7) is 2.09. The minimum Gasteiger partial charge on any atom is -0.508 e. The third kappa shape index (κ3) is 7.60. The van der Waals surface area contributed by atoms with Crippen LogP contribution in [0.2, 0.25) is 0 Å². The van der Waals surface area contributed by atoms with Crippen LogP contribution in [0.5, 0.6) is 5.75 Å². The Kier molecular flexibility index (Phi) is 9.71. The highest BCUT2D eigenvalue weighted by Gasteiger charge is 2.39. The Morgan fingerprint density at radius 2 is 1.35 bits per heavy atom. The van der Waals surface area contributed by atoms with E-state index in [1.165, 1.54) is 0 Å². The van der Waals surface area contributed by atoms with Crippen molar-refractivity contribution in [1.82, 2.24) is 20.0 Å². The molecule has 0 spiro atoms. The lowest BCUT2D eigenvalue weighted by Gasteiger charge is -2.41. The van der Waals surface area contributed by atoms with Crippen LogP contribution in [0.4, 0.5) is 0 Å². The van der Waals surface area contributed by atoms with Crippen LogP contribution in [0.25, 0.3) is 0 Å². The van der Waals surface area contributed by atoms with Gasteiger partial charge in [0, 0.05) is 38.8 Å². The Hall–Kier alpha value is -4.66. The van der Waals surface area contributed by atoms with E-state index in [-0.39, 0.29) is 17.8 Å². The molecule has 9 nitrogen and oxygen atoms in total. The number of carbonyl (C=O) groups is 4. The highest BCUT2D eigenvalue weighted by atomic mass is 16.3. The van der Waals surface area contributed by atoms with Gasteiger partial charge in [-0.05, 0) is 60.9 Å². The van der Waals surface area contributed by atoms with Gasteiger partial charge in [0.05, 0.1) is 6.04 Å². The van der Waals surface area contributed by atoms with E-state index in [1.807, 2.05) is 72.8 Å². The molecular formula is C34H38N4O5. The zero-order valence-electron chi connectivity index (χ0n) is 24.2. The zero-order chi connectivity index (χ0) is 30.2. The van der Waals surface area contributed by atoms with Gasteiger partial charge in [0.1, 0.15) is 5.75 Å². The molecule has 9 heteroatoms. The Labute approximate surface area is 252 Å². The van der Waals surface area contributed by atoms with Crippen LogP contribution in [0, 0.1) is 0 Å². The number of hydrogen-bond donors (Lipinski definition) is 2. The summed E-state index contributed by atoms with van der Waals surface area (Å²) in [5.41, 5.74) is 3.07. The van der Waals surface area contributed by atoms with Gasteiger partial charge < -0.3 is 25.1 Å². The third-order valence-corrected chi connectivity index (χ3v) is 8.30. The van der Waals surface area contributed by atoms with E-state index in [0.29, 0.717) is 58.4 Å². The lowest BCUT2D eigenvalue weighted by atomic mass is 10.00. The average Bonchev–Trinajstić information content (AvgIpc) is 3.02. The number of phenolic OH excluding ortho intramolecular Hbond substituents is 1. The van der Waals surface area contributed by atoms with Gasteiger partial charge in [-0.3, -0.25) is 19.2 Å². The van der Waals surface area contributed by atoms with Gasteiger partial charge in [-0.1, -0.05) is 72.8 Å². The van der Waals surface area contributed by atoms with Gasteiger partial charge in [0.25, 0.3) is 0 Å². The van der Waals surface area contributed by atoms with Crippen molar-refractivity contribution in [1.29, 1.82) is 0 Å². The molecule has 0 unspecified atom stereocenters. The molecule has 2 aliphatic heterocycles. The first kappa shape index (κ1) is 29.8. The summed E-state index contributed by atoms with van der Waals surface area (Å²) >= 11 is 0. The largest absolute Gasteiger partial charge is 0.508 e. The molecule has 2 N–H and O–H groups in total. The smallest absolute Gasteiger partial charge is 0.312 e. The van der Waals surface area contributed by atoms with Gasteiger partial charge >= 0.3 is 23.6 Å². The maximum Gasteiger partial charge on any atom is 0.312 e. The molecule has 0 aromatic heterocycles. The van der Waals surface area contributed by atoms with E-state index in [9.17, 15) is 24.3 Å². The molecule has 2 fully saturated rings. The third-order valence-electron chi connectivity index (χ3n) is 8.30. The molecular weight excluding hydrogens is 544 g/mol. The fourth-order valence-corrected chi connectivity index (χ4v) is 5.92. The highest BCUT2D eigenvalue weighted by Crippen LogP contribution is 2.21. The summed E-state index contributed by atoms with van der Waals surface area (Å²) in [6.07, 6.45) is 3.31. The van der Waals surface area contributed by atoms with Crippen molar-refractivity contribution in [2.24, 2.45) is 0 Å². The monoisotopic (exact) mass is 582 g/mol. The van der Waals surface area contributed by atoms with Crippen LogP contribution < -0.4 is 5.32 Å². The molecule has 0 radical (unpaired) electrons. The van der Waals surface area contributed by atoms with Crippen molar-refractivity contribution in [2.45, 2.75) is 50.7 Å². The van der Waals surface area contributed by atoms with E-state index < -0.39 is 23.6 Å². The number of rotatable bonds is 12. The fourth-order valence-electron chi connectivity index (χ4n) is 5.92. The number of aromatic hydroxyl groups is 1. The predicted octanol–water partition coefficient (Wildman–Crippen LogP) is 2.91. The predicted molar refractivity (Wildman–Crippen MR) is 162 cm³/mol. The molecule has 224 valence electrons. The molecule has 3 aromatic carbocycles. The SMILES string of the molecule is O=C1NC[C@H](CCCCN2C[C@H](Cc3ccccc3)N(Cc3ccccc3)C(=O)C2=O)N(CCc2ccc(O)cc2)C1=O. The number of amides is 4. The summed E-state index contributed by atoms with van der Waals surface area (Å²) in [4.78, 5) is 56.4. The number of benzene rings is 3. The molecule has 4 amide bonds. The number of phenols is 1. The average molecular weight is 583 g/mol. The molecule has 0 saturated carbocycles. The second-order valence-electron chi connectivity index (χ2n) is 11.3. The van der Waals surface area contributed by atoms with E-state index in [4.69, 9.17) is 0 Å². The first-order valence-electron chi connectivity index (χ1n) is 14.9.